The van der Waals surface area contributed by atoms with E-state index >= 15 is 0 Å². The number of nitrogens with zero attached hydrogens (tertiary/aromatic N) is 2. The van der Waals surface area contributed by atoms with Gasteiger partial charge in [0.1, 0.15) is 0 Å². The predicted octanol–water partition coefficient (Wildman–Crippen LogP) is 2.90. The second-order valence-electron chi connectivity index (χ2n) is 3.28. The van der Waals surface area contributed by atoms with Crippen molar-refractivity contribution >= 4 is 51.6 Å². The maximum Gasteiger partial charge on any atom is 0.239 e. The van der Waals surface area contributed by atoms with E-state index in [0.29, 0.717) is 10.7 Å². The quantitative estimate of drug-likeness (QED) is 0.434. The van der Waals surface area contributed by atoms with Crippen molar-refractivity contribution in [1.82, 2.24) is 9.97 Å². The summed E-state index contributed by atoms with van der Waals surface area (Å²) in [5, 5.41) is 3.46. The molecule has 0 atom stereocenters. The van der Waals surface area contributed by atoms with Gasteiger partial charge in [-0.25, -0.2) is 15.2 Å². The Morgan fingerprint density at radius 3 is 2.83 bits per heavy atom. The molecule has 1 aromatic carbocycles. The maximum atomic E-state index is 13.5. The molecule has 18 heavy (non-hydrogen) atoms. The molecule has 8 heteroatoms. The Morgan fingerprint density at radius 2 is 2.17 bits per heavy atom. The highest BCUT2D eigenvalue weighted by Gasteiger charge is 2.08. The summed E-state index contributed by atoms with van der Waals surface area (Å²) in [7, 11) is 0. The molecule has 1 heterocycles. The maximum absolute atomic E-state index is 13.5. The van der Waals surface area contributed by atoms with Gasteiger partial charge < -0.3 is 5.32 Å². The van der Waals surface area contributed by atoms with Crippen LogP contribution in [-0.4, -0.2) is 9.97 Å². The Labute approximate surface area is 121 Å². The van der Waals surface area contributed by atoms with Gasteiger partial charge in [0.25, 0.3) is 0 Å². The number of benzene rings is 1. The molecule has 4 N–H and O–H groups in total. The second-order valence-corrected chi connectivity index (χ2v) is 4.88. The van der Waals surface area contributed by atoms with E-state index in [1.54, 1.807) is 18.2 Å². The first-order valence-electron chi connectivity index (χ1n) is 4.81. The zero-order valence-corrected chi connectivity index (χ0v) is 11.8. The number of hydrazine groups is 1. The molecule has 0 unspecified atom stereocenters. The van der Waals surface area contributed by atoms with E-state index in [4.69, 9.17) is 17.4 Å². The van der Waals surface area contributed by atoms with Crippen molar-refractivity contribution < 1.29 is 4.39 Å². The molecule has 5 nitrogen and oxygen atoms in total. The summed E-state index contributed by atoms with van der Waals surface area (Å²) in [6.07, 6.45) is 1.04. The van der Waals surface area contributed by atoms with E-state index in [1.165, 1.54) is 0 Å². The Morgan fingerprint density at radius 1 is 1.39 bits per heavy atom. The minimum Gasteiger partial charge on any atom is -0.337 e. The molecule has 0 saturated carbocycles. The summed E-state index contributed by atoms with van der Waals surface area (Å²) in [5.74, 6) is 4.77. The summed E-state index contributed by atoms with van der Waals surface area (Å²) in [5.41, 5.74) is 2.95. The van der Waals surface area contributed by atoms with Crippen LogP contribution in [0.15, 0.2) is 24.4 Å². The topological polar surface area (TPSA) is 75.9 Å². The van der Waals surface area contributed by atoms with Gasteiger partial charge in [-0.2, -0.15) is 4.98 Å². The number of nitrogens with one attached hydrogen (secondary N) is 2. The Bertz CT molecular complexity index is 580. The van der Waals surface area contributed by atoms with Crippen LogP contribution in [0.3, 0.4) is 0 Å². The minimum atomic E-state index is -0.570. The molecule has 0 saturated heterocycles. The first-order valence-corrected chi connectivity index (χ1v) is 6.27. The zero-order chi connectivity index (χ0) is 13.1. The normalized spacial score (nSPS) is 10.2. The molecule has 0 aliphatic rings. The van der Waals surface area contributed by atoms with Crippen LogP contribution in [-0.2, 0) is 0 Å². The molecular formula is C10H8ClFIN5. The molecule has 0 radical (unpaired) electrons. The Kier molecular flexibility index (Phi) is 4.15. The van der Waals surface area contributed by atoms with Crippen LogP contribution in [0.5, 0.6) is 0 Å². The fourth-order valence-corrected chi connectivity index (χ4v) is 2.25. The van der Waals surface area contributed by atoms with Crippen LogP contribution >= 0.6 is 34.2 Å². The van der Waals surface area contributed by atoms with E-state index in [9.17, 15) is 4.39 Å². The third kappa shape index (κ3) is 2.98. The van der Waals surface area contributed by atoms with Crippen LogP contribution in [0, 0.1) is 9.39 Å². The van der Waals surface area contributed by atoms with Crippen LogP contribution < -0.4 is 16.6 Å². The van der Waals surface area contributed by atoms with Crippen molar-refractivity contribution in [2.75, 3.05) is 10.7 Å². The summed E-state index contributed by atoms with van der Waals surface area (Å²) in [6, 6.07) is 5.19. The number of hydrogen-bond acceptors (Lipinski definition) is 5. The fourth-order valence-electron chi connectivity index (χ4n) is 1.24. The molecule has 0 fully saturated rings. The van der Waals surface area contributed by atoms with E-state index in [0.717, 1.165) is 9.77 Å². The van der Waals surface area contributed by atoms with Crippen LogP contribution in [0.1, 0.15) is 0 Å². The van der Waals surface area contributed by atoms with Crippen molar-refractivity contribution in [2.24, 2.45) is 5.84 Å². The van der Waals surface area contributed by atoms with Crippen LogP contribution in [0.25, 0.3) is 0 Å². The summed E-state index contributed by atoms with van der Waals surface area (Å²) in [4.78, 5) is 7.53. The van der Waals surface area contributed by atoms with Crippen molar-refractivity contribution in [3.8, 4) is 0 Å². The highest BCUT2D eigenvalue weighted by atomic mass is 127. The number of aromatic nitrogens is 2. The molecule has 94 valence electrons. The molecule has 2 aromatic rings. The number of hydrogen-bond donors (Lipinski definition) is 3. The van der Waals surface area contributed by atoms with E-state index < -0.39 is 5.82 Å². The molecule has 0 bridgehead atoms. The summed E-state index contributed by atoms with van der Waals surface area (Å²) in [6.45, 7) is 0. The lowest BCUT2D eigenvalue weighted by molar-refractivity contribution is 0.619. The Balaban J connectivity index is 2.33. The Hall–Kier alpha value is -1.19. The smallest absolute Gasteiger partial charge is 0.239 e. The second kappa shape index (κ2) is 5.63. The number of halogens is 3. The number of nitrogens with two attached hydrogens (primary N) is 1. The monoisotopic (exact) mass is 379 g/mol. The summed E-state index contributed by atoms with van der Waals surface area (Å²) < 4.78 is 14.4. The standard InChI is InChI=1S/C10H8ClFIN5/c11-5-1-2-8(7(13)3-5)16-9-6(12)4-15-10(17-9)18-14/h1-4H,14H2,(H2,15,16,17,18). The first-order chi connectivity index (χ1) is 8.60. The zero-order valence-electron chi connectivity index (χ0n) is 8.92. The predicted molar refractivity (Wildman–Crippen MR) is 77.3 cm³/mol. The molecule has 0 spiro atoms. The van der Waals surface area contributed by atoms with Gasteiger partial charge in [-0.05, 0) is 40.8 Å². The molecule has 2 rings (SSSR count). The molecule has 1 aromatic heterocycles. The lowest BCUT2D eigenvalue weighted by Gasteiger charge is -2.09. The van der Waals surface area contributed by atoms with Gasteiger partial charge in [0.2, 0.25) is 5.95 Å². The van der Waals surface area contributed by atoms with Gasteiger partial charge in [0.05, 0.1) is 11.9 Å². The fraction of sp³-hybridized carbons (Fsp3) is 0. The van der Waals surface area contributed by atoms with Gasteiger partial charge in [-0.3, -0.25) is 5.43 Å². The van der Waals surface area contributed by atoms with Crippen molar-refractivity contribution in [3.63, 3.8) is 0 Å². The lowest BCUT2D eigenvalue weighted by atomic mass is 10.3. The highest BCUT2D eigenvalue weighted by Crippen LogP contribution is 2.26. The lowest BCUT2D eigenvalue weighted by Crippen LogP contribution is -2.12. The number of anilines is 3. The number of nitrogen functional groups attached to an aromatic ring is 1. The van der Waals surface area contributed by atoms with Crippen LogP contribution in [0.2, 0.25) is 5.02 Å². The van der Waals surface area contributed by atoms with E-state index in [-0.39, 0.29) is 11.8 Å². The SMILES string of the molecule is NNc1ncc(F)c(Nc2ccc(Cl)cc2I)n1. The van der Waals surface area contributed by atoms with E-state index in [2.05, 4.69) is 43.3 Å². The largest absolute Gasteiger partial charge is 0.337 e. The average Bonchev–Trinajstić information content (AvgIpc) is 2.35. The first kappa shape index (κ1) is 13.2. The molecule has 0 aliphatic carbocycles. The van der Waals surface area contributed by atoms with Gasteiger partial charge in [0, 0.05) is 8.59 Å². The third-order valence-corrected chi connectivity index (χ3v) is 3.19. The molecular weight excluding hydrogens is 371 g/mol. The van der Waals surface area contributed by atoms with Crippen molar-refractivity contribution in [1.29, 1.82) is 0 Å². The highest BCUT2D eigenvalue weighted by molar-refractivity contribution is 14.1. The number of rotatable bonds is 3. The van der Waals surface area contributed by atoms with Gasteiger partial charge in [-0.15, -0.1) is 0 Å². The molecule has 0 amide bonds. The third-order valence-electron chi connectivity index (χ3n) is 2.06. The van der Waals surface area contributed by atoms with E-state index in [1.807, 2.05) is 0 Å². The van der Waals surface area contributed by atoms with Crippen molar-refractivity contribution in [3.05, 3.63) is 38.8 Å². The average molecular weight is 380 g/mol. The van der Waals surface area contributed by atoms with Crippen molar-refractivity contribution in [2.45, 2.75) is 0 Å². The van der Waals surface area contributed by atoms with Crippen LogP contribution in [0.4, 0.5) is 21.8 Å². The molecule has 0 aliphatic heterocycles. The van der Waals surface area contributed by atoms with Gasteiger partial charge >= 0.3 is 0 Å². The van der Waals surface area contributed by atoms with Gasteiger partial charge in [-0.1, -0.05) is 11.6 Å². The van der Waals surface area contributed by atoms with Gasteiger partial charge in [0.15, 0.2) is 11.6 Å². The summed E-state index contributed by atoms with van der Waals surface area (Å²) >= 11 is 7.93. The minimum absolute atomic E-state index is 0.0400.